The Morgan fingerprint density at radius 3 is 2.65 bits per heavy atom. The fourth-order valence-corrected chi connectivity index (χ4v) is 2.31. The van der Waals surface area contributed by atoms with Crippen molar-refractivity contribution < 1.29 is 19.7 Å². The van der Waals surface area contributed by atoms with Crippen molar-refractivity contribution in [3.8, 4) is 0 Å². The number of benzene rings is 1. The molecule has 0 bridgehead atoms. The maximum atomic E-state index is 9.30. The molecule has 1 aliphatic rings. The third kappa shape index (κ3) is 4.34. The number of aliphatic hydroxyl groups excluding tert-OH is 2. The van der Waals surface area contributed by atoms with Gasteiger partial charge >= 0.3 is 0 Å². The third-order valence-electron chi connectivity index (χ3n) is 3.36. The van der Waals surface area contributed by atoms with Crippen LogP contribution in [0.2, 0.25) is 0 Å². The molecule has 2 atom stereocenters. The summed E-state index contributed by atoms with van der Waals surface area (Å²) in [5.41, 5.74) is 1.20. The molecule has 0 spiro atoms. The van der Waals surface area contributed by atoms with Crippen molar-refractivity contribution in [1.82, 2.24) is 0 Å². The predicted molar refractivity (Wildman–Crippen MR) is 76.1 cm³/mol. The second-order valence-corrected chi connectivity index (χ2v) is 4.89. The van der Waals surface area contributed by atoms with Crippen molar-refractivity contribution in [2.45, 2.75) is 31.5 Å². The van der Waals surface area contributed by atoms with Crippen LogP contribution in [-0.4, -0.2) is 36.3 Å². The van der Waals surface area contributed by atoms with Crippen molar-refractivity contribution in [3.63, 3.8) is 0 Å². The summed E-state index contributed by atoms with van der Waals surface area (Å²) in [6.07, 6.45) is 3.92. The van der Waals surface area contributed by atoms with E-state index in [-0.39, 0.29) is 25.4 Å². The lowest BCUT2D eigenvalue weighted by Gasteiger charge is -2.29. The summed E-state index contributed by atoms with van der Waals surface area (Å²) >= 11 is 0. The van der Waals surface area contributed by atoms with Gasteiger partial charge in [-0.1, -0.05) is 30.3 Å². The minimum absolute atomic E-state index is 0.111. The average molecular weight is 278 g/mol. The van der Waals surface area contributed by atoms with Crippen LogP contribution in [0, 0.1) is 0 Å². The first kappa shape index (κ1) is 15.0. The van der Waals surface area contributed by atoms with E-state index < -0.39 is 0 Å². The summed E-state index contributed by atoms with van der Waals surface area (Å²) in [5.74, 6) is 0.771. The predicted octanol–water partition coefficient (Wildman–Crippen LogP) is 2.18. The van der Waals surface area contributed by atoms with Gasteiger partial charge in [0.15, 0.2) is 6.29 Å². The number of ether oxygens (including phenoxy) is 2. The van der Waals surface area contributed by atoms with E-state index in [9.17, 15) is 5.11 Å². The summed E-state index contributed by atoms with van der Waals surface area (Å²) in [5, 5.41) is 18.0. The zero-order valence-electron chi connectivity index (χ0n) is 11.6. The lowest BCUT2D eigenvalue weighted by atomic mass is 9.93. The van der Waals surface area contributed by atoms with E-state index >= 15 is 0 Å². The van der Waals surface area contributed by atoms with Crippen LogP contribution in [0.15, 0.2) is 42.2 Å². The molecule has 20 heavy (non-hydrogen) atoms. The molecule has 0 aliphatic carbocycles. The zero-order valence-corrected chi connectivity index (χ0v) is 11.6. The Bertz CT molecular complexity index is 416. The normalized spacial score (nSPS) is 22.2. The van der Waals surface area contributed by atoms with Gasteiger partial charge in [0, 0.05) is 18.9 Å². The molecule has 1 aromatic carbocycles. The highest BCUT2D eigenvalue weighted by molar-refractivity contribution is 5.25. The second-order valence-electron chi connectivity index (χ2n) is 4.89. The summed E-state index contributed by atoms with van der Waals surface area (Å²) in [4.78, 5) is 0. The lowest BCUT2D eigenvalue weighted by Crippen LogP contribution is -2.25. The van der Waals surface area contributed by atoms with Gasteiger partial charge in [-0.05, 0) is 24.5 Å². The van der Waals surface area contributed by atoms with Crippen LogP contribution >= 0.6 is 0 Å². The molecule has 0 fully saturated rings. The Morgan fingerprint density at radius 1 is 1.15 bits per heavy atom. The minimum atomic E-state index is -0.328. The minimum Gasteiger partial charge on any atom is -0.467 e. The van der Waals surface area contributed by atoms with Crippen molar-refractivity contribution in [1.29, 1.82) is 0 Å². The summed E-state index contributed by atoms with van der Waals surface area (Å²) in [6.45, 7) is 0.634. The van der Waals surface area contributed by atoms with Gasteiger partial charge in [0.1, 0.15) is 12.4 Å². The summed E-state index contributed by atoms with van der Waals surface area (Å²) in [7, 11) is 0. The molecule has 0 saturated heterocycles. The Labute approximate surface area is 119 Å². The lowest BCUT2D eigenvalue weighted by molar-refractivity contribution is -0.134. The van der Waals surface area contributed by atoms with Gasteiger partial charge in [0.2, 0.25) is 0 Å². The summed E-state index contributed by atoms with van der Waals surface area (Å²) in [6, 6.07) is 10.2. The molecular weight excluding hydrogens is 256 g/mol. The highest BCUT2D eigenvalue weighted by atomic mass is 16.7. The van der Waals surface area contributed by atoms with Crippen molar-refractivity contribution in [2.75, 3.05) is 19.8 Å². The van der Waals surface area contributed by atoms with Crippen molar-refractivity contribution >= 4 is 0 Å². The van der Waals surface area contributed by atoms with Gasteiger partial charge in [0.25, 0.3) is 0 Å². The van der Waals surface area contributed by atoms with Gasteiger partial charge in [-0.3, -0.25) is 0 Å². The number of aliphatic hydroxyl groups is 2. The fourth-order valence-electron chi connectivity index (χ4n) is 2.31. The molecule has 0 unspecified atom stereocenters. The number of allylic oxidation sites excluding steroid dienone is 1. The van der Waals surface area contributed by atoms with E-state index in [2.05, 4.69) is 12.1 Å². The molecule has 110 valence electrons. The molecule has 1 aliphatic heterocycles. The van der Waals surface area contributed by atoms with Gasteiger partial charge in [0.05, 0.1) is 6.61 Å². The van der Waals surface area contributed by atoms with Gasteiger partial charge < -0.3 is 19.7 Å². The standard InChI is InChI=1S/C16H22O4/c17-8-4-5-9-19-16-11-14(10-15(12-18)20-16)13-6-2-1-3-7-13/h1-3,6-7,10,14,16-18H,4-5,8-9,11-12H2/t14-,16+/m1/s1. The van der Waals surface area contributed by atoms with Crippen LogP contribution in [0.3, 0.4) is 0 Å². The fraction of sp³-hybridized carbons (Fsp3) is 0.500. The largest absolute Gasteiger partial charge is 0.467 e. The molecule has 0 radical (unpaired) electrons. The SMILES string of the molecule is OCCCCO[C@@H]1C[C@H](c2ccccc2)C=C(CO)O1. The van der Waals surface area contributed by atoms with Crippen LogP contribution in [-0.2, 0) is 9.47 Å². The van der Waals surface area contributed by atoms with E-state index in [0.717, 1.165) is 19.3 Å². The first-order valence-electron chi connectivity index (χ1n) is 7.09. The molecule has 0 saturated carbocycles. The molecule has 1 heterocycles. The summed E-state index contributed by atoms with van der Waals surface area (Å²) < 4.78 is 11.3. The maximum absolute atomic E-state index is 9.30. The van der Waals surface area contributed by atoms with E-state index in [4.69, 9.17) is 14.6 Å². The van der Waals surface area contributed by atoms with E-state index in [1.165, 1.54) is 5.56 Å². The van der Waals surface area contributed by atoms with Gasteiger partial charge in [-0.25, -0.2) is 0 Å². The van der Waals surface area contributed by atoms with Crippen LogP contribution in [0.5, 0.6) is 0 Å². The zero-order chi connectivity index (χ0) is 14.2. The Balaban J connectivity index is 1.95. The molecular formula is C16H22O4. The van der Waals surface area contributed by atoms with Gasteiger partial charge in [-0.15, -0.1) is 0 Å². The monoisotopic (exact) mass is 278 g/mol. The Kier molecular flexibility index (Phi) is 6.05. The Morgan fingerprint density at radius 2 is 1.95 bits per heavy atom. The highest BCUT2D eigenvalue weighted by Crippen LogP contribution is 2.31. The van der Waals surface area contributed by atoms with E-state index in [1.807, 2.05) is 24.3 Å². The molecule has 0 aromatic heterocycles. The Hall–Kier alpha value is -1.36. The highest BCUT2D eigenvalue weighted by Gasteiger charge is 2.24. The van der Waals surface area contributed by atoms with Crippen molar-refractivity contribution in [3.05, 3.63) is 47.7 Å². The number of hydrogen-bond acceptors (Lipinski definition) is 4. The molecule has 2 N–H and O–H groups in total. The van der Waals surface area contributed by atoms with Crippen LogP contribution in [0.25, 0.3) is 0 Å². The van der Waals surface area contributed by atoms with Crippen LogP contribution < -0.4 is 0 Å². The van der Waals surface area contributed by atoms with Gasteiger partial charge in [-0.2, -0.15) is 0 Å². The maximum Gasteiger partial charge on any atom is 0.200 e. The number of hydrogen-bond donors (Lipinski definition) is 2. The molecule has 4 nitrogen and oxygen atoms in total. The molecule has 1 aromatic rings. The second kappa shape index (κ2) is 8.04. The van der Waals surface area contributed by atoms with Crippen LogP contribution in [0.1, 0.15) is 30.7 Å². The smallest absolute Gasteiger partial charge is 0.200 e. The average Bonchev–Trinajstić information content (AvgIpc) is 2.52. The molecule has 4 heteroatoms. The topological polar surface area (TPSA) is 58.9 Å². The first-order chi connectivity index (χ1) is 9.83. The molecule has 0 amide bonds. The molecule has 2 rings (SSSR count). The number of rotatable bonds is 7. The number of unbranched alkanes of at least 4 members (excludes halogenated alkanes) is 1. The first-order valence-corrected chi connectivity index (χ1v) is 7.09. The van der Waals surface area contributed by atoms with E-state index in [0.29, 0.717) is 12.4 Å². The third-order valence-corrected chi connectivity index (χ3v) is 3.36. The van der Waals surface area contributed by atoms with Crippen molar-refractivity contribution in [2.24, 2.45) is 0 Å². The van der Waals surface area contributed by atoms with E-state index in [1.54, 1.807) is 0 Å². The van der Waals surface area contributed by atoms with Crippen LogP contribution in [0.4, 0.5) is 0 Å². The quantitative estimate of drug-likeness (QED) is 0.751.